The van der Waals surface area contributed by atoms with Gasteiger partial charge in [0.25, 0.3) is 11.2 Å². The predicted molar refractivity (Wildman–Crippen MR) is 107 cm³/mol. The minimum absolute atomic E-state index is 0.0470. The van der Waals surface area contributed by atoms with Crippen molar-refractivity contribution >= 4 is 23.1 Å². The van der Waals surface area contributed by atoms with E-state index in [9.17, 15) is 30.3 Å². The summed E-state index contributed by atoms with van der Waals surface area (Å²) in [6, 6.07) is 11.0. The molecule has 0 spiro atoms. The topological polar surface area (TPSA) is 165 Å². The van der Waals surface area contributed by atoms with Crippen LogP contribution in [-0.2, 0) is 0 Å². The summed E-state index contributed by atoms with van der Waals surface area (Å²) < 4.78 is 5.67. The summed E-state index contributed by atoms with van der Waals surface area (Å²) in [4.78, 5) is 39.7. The van der Waals surface area contributed by atoms with E-state index in [1.54, 1.807) is 30.5 Å². The minimum Gasteiger partial charge on any atom is -0.449 e. The van der Waals surface area contributed by atoms with Crippen molar-refractivity contribution in [3.8, 4) is 28.8 Å². The number of aromatic amines is 1. The van der Waals surface area contributed by atoms with E-state index in [1.165, 1.54) is 6.07 Å². The molecule has 1 N–H and O–H groups in total. The van der Waals surface area contributed by atoms with Gasteiger partial charge in [0.2, 0.25) is 5.75 Å². The number of ether oxygens (including phenoxy) is 1. The molecule has 11 nitrogen and oxygen atoms in total. The number of nitrogens with one attached hydrogen (secondary N) is 1. The van der Waals surface area contributed by atoms with Crippen LogP contribution in [0.2, 0.25) is 0 Å². The molecule has 3 rings (SSSR count). The standard InChI is InChI=1S/C18H11N5O6S/c1-30-18-20-16(12(9-19)17(24)21-18)11-4-2-3-5-14(11)29-15-7-6-10(22(25)26)8-13(15)23(27)28/h2-8H,1H3,(H,20,21,24). The van der Waals surface area contributed by atoms with E-state index in [0.717, 1.165) is 30.0 Å². The fourth-order valence-electron chi connectivity index (χ4n) is 2.57. The van der Waals surface area contributed by atoms with Crippen LogP contribution in [0.1, 0.15) is 5.56 Å². The maximum Gasteiger partial charge on any atom is 0.318 e. The average Bonchev–Trinajstić information content (AvgIpc) is 2.73. The molecule has 0 saturated carbocycles. The zero-order valence-corrected chi connectivity index (χ0v) is 16.0. The lowest BCUT2D eigenvalue weighted by molar-refractivity contribution is -0.394. The fraction of sp³-hybridized carbons (Fsp3) is 0.0556. The summed E-state index contributed by atoms with van der Waals surface area (Å²) in [5, 5.41) is 31.9. The molecule has 0 aliphatic heterocycles. The molecule has 0 aliphatic rings. The van der Waals surface area contributed by atoms with E-state index in [-0.39, 0.29) is 33.5 Å². The smallest absolute Gasteiger partial charge is 0.318 e. The van der Waals surface area contributed by atoms with Gasteiger partial charge in [-0.15, -0.1) is 0 Å². The molecule has 0 saturated heterocycles. The first-order chi connectivity index (χ1) is 14.3. The quantitative estimate of drug-likeness (QED) is 0.268. The zero-order valence-electron chi connectivity index (χ0n) is 15.2. The second-order valence-electron chi connectivity index (χ2n) is 5.68. The Bertz CT molecular complexity index is 1270. The predicted octanol–water partition coefficient (Wildman–Crippen LogP) is 3.64. The van der Waals surface area contributed by atoms with Crippen molar-refractivity contribution in [3.05, 3.63) is 78.6 Å². The van der Waals surface area contributed by atoms with Gasteiger partial charge in [-0.25, -0.2) is 4.98 Å². The number of nitrogens with zero attached hydrogens (tertiary/aromatic N) is 4. The molecule has 3 aromatic rings. The molecule has 2 aromatic carbocycles. The summed E-state index contributed by atoms with van der Waals surface area (Å²) in [6.45, 7) is 0. The van der Waals surface area contributed by atoms with Crippen LogP contribution in [-0.4, -0.2) is 26.1 Å². The Morgan fingerprint density at radius 3 is 2.50 bits per heavy atom. The van der Waals surface area contributed by atoms with E-state index < -0.39 is 26.8 Å². The van der Waals surface area contributed by atoms with Crippen molar-refractivity contribution in [1.82, 2.24) is 9.97 Å². The number of hydrogen-bond donors (Lipinski definition) is 1. The number of nitriles is 1. The van der Waals surface area contributed by atoms with Crippen LogP contribution in [0.4, 0.5) is 11.4 Å². The largest absolute Gasteiger partial charge is 0.449 e. The number of rotatable bonds is 6. The van der Waals surface area contributed by atoms with E-state index in [4.69, 9.17) is 4.74 Å². The normalized spacial score (nSPS) is 10.3. The maximum absolute atomic E-state index is 12.2. The maximum atomic E-state index is 12.2. The van der Waals surface area contributed by atoms with Crippen molar-refractivity contribution in [3.63, 3.8) is 0 Å². The van der Waals surface area contributed by atoms with Crippen LogP contribution in [0.5, 0.6) is 11.5 Å². The van der Waals surface area contributed by atoms with Gasteiger partial charge < -0.3 is 9.72 Å². The molecular formula is C18H11N5O6S. The molecule has 1 heterocycles. The Morgan fingerprint density at radius 1 is 1.13 bits per heavy atom. The van der Waals surface area contributed by atoms with Gasteiger partial charge in [0.15, 0.2) is 5.16 Å². The third-order valence-electron chi connectivity index (χ3n) is 3.91. The van der Waals surface area contributed by atoms with E-state index in [0.29, 0.717) is 0 Å². The number of non-ortho nitro benzene ring substituents is 1. The van der Waals surface area contributed by atoms with Gasteiger partial charge in [-0.05, 0) is 24.5 Å². The number of benzene rings is 2. The highest BCUT2D eigenvalue weighted by Crippen LogP contribution is 2.38. The van der Waals surface area contributed by atoms with Crippen molar-refractivity contribution in [2.24, 2.45) is 0 Å². The van der Waals surface area contributed by atoms with Gasteiger partial charge in [0.1, 0.15) is 23.1 Å². The highest BCUT2D eigenvalue weighted by Gasteiger charge is 2.23. The van der Waals surface area contributed by atoms with Crippen molar-refractivity contribution in [2.45, 2.75) is 5.16 Å². The number of aromatic nitrogens is 2. The number of thioether (sulfide) groups is 1. The van der Waals surface area contributed by atoms with Crippen molar-refractivity contribution in [2.75, 3.05) is 6.26 Å². The SMILES string of the molecule is CSc1nc(-c2ccccc2Oc2ccc([N+](=O)[O-])cc2[N+](=O)[O-])c(C#N)c(=O)[nH]1. The first-order valence-corrected chi connectivity index (χ1v) is 9.36. The monoisotopic (exact) mass is 425 g/mol. The molecule has 0 aliphatic carbocycles. The molecule has 150 valence electrons. The van der Waals surface area contributed by atoms with Gasteiger partial charge in [0, 0.05) is 11.6 Å². The number of hydrogen-bond acceptors (Lipinski definition) is 9. The number of H-pyrrole nitrogens is 1. The summed E-state index contributed by atoms with van der Waals surface area (Å²) >= 11 is 1.16. The first kappa shape index (κ1) is 20.5. The van der Waals surface area contributed by atoms with E-state index >= 15 is 0 Å². The summed E-state index contributed by atoms with van der Waals surface area (Å²) in [5.74, 6) is -0.164. The molecular weight excluding hydrogens is 414 g/mol. The third-order valence-corrected chi connectivity index (χ3v) is 4.50. The van der Waals surface area contributed by atoms with Gasteiger partial charge in [-0.2, -0.15) is 5.26 Å². The van der Waals surface area contributed by atoms with Gasteiger partial charge in [-0.1, -0.05) is 23.9 Å². The number of nitro groups is 2. The lowest BCUT2D eigenvalue weighted by Crippen LogP contribution is -2.14. The summed E-state index contributed by atoms with van der Waals surface area (Å²) in [6.07, 6.45) is 1.69. The third kappa shape index (κ3) is 3.96. The molecule has 0 unspecified atom stereocenters. The van der Waals surface area contributed by atoms with Crippen LogP contribution in [0.25, 0.3) is 11.3 Å². The number of nitro benzene ring substituents is 2. The highest BCUT2D eigenvalue weighted by atomic mass is 32.2. The van der Waals surface area contributed by atoms with Crippen molar-refractivity contribution in [1.29, 1.82) is 5.26 Å². The second kappa shape index (κ2) is 8.41. The van der Waals surface area contributed by atoms with E-state index in [2.05, 4.69) is 9.97 Å². The zero-order chi connectivity index (χ0) is 21.8. The molecule has 0 bridgehead atoms. The van der Waals surface area contributed by atoms with Crippen molar-refractivity contribution < 1.29 is 14.6 Å². The number of para-hydroxylation sites is 1. The highest BCUT2D eigenvalue weighted by molar-refractivity contribution is 7.98. The van der Waals surface area contributed by atoms with Crippen LogP contribution in [0.3, 0.4) is 0 Å². The fourth-order valence-corrected chi connectivity index (χ4v) is 2.94. The second-order valence-corrected chi connectivity index (χ2v) is 6.47. The molecule has 1 aromatic heterocycles. The average molecular weight is 425 g/mol. The lowest BCUT2D eigenvalue weighted by Gasteiger charge is -2.12. The lowest BCUT2D eigenvalue weighted by atomic mass is 10.1. The molecule has 12 heteroatoms. The molecule has 0 radical (unpaired) electrons. The van der Waals surface area contributed by atoms with Crippen LogP contribution in [0.15, 0.2) is 52.4 Å². The molecule has 0 amide bonds. The van der Waals surface area contributed by atoms with Gasteiger partial charge in [-0.3, -0.25) is 25.0 Å². The summed E-state index contributed by atoms with van der Waals surface area (Å²) in [7, 11) is 0. The van der Waals surface area contributed by atoms with Gasteiger partial charge in [0.05, 0.1) is 15.9 Å². The molecule has 30 heavy (non-hydrogen) atoms. The van der Waals surface area contributed by atoms with Crippen LogP contribution < -0.4 is 10.3 Å². The van der Waals surface area contributed by atoms with Crippen LogP contribution >= 0.6 is 11.8 Å². The summed E-state index contributed by atoms with van der Waals surface area (Å²) in [5.41, 5.74) is -1.66. The first-order valence-electron chi connectivity index (χ1n) is 8.14. The Labute approximate surface area is 172 Å². The minimum atomic E-state index is -0.803. The Morgan fingerprint density at radius 2 is 1.87 bits per heavy atom. The Balaban J connectivity index is 2.17. The van der Waals surface area contributed by atoms with Gasteiger partial charge >= 0.3 is 5.69 Å². The molecule has 0 fully saturated rings. The Kier molecular flexibility index (Phi) is 5.75. The Hall–Kier alpha value is -4.24. The molecule has 0 atom stereocenters. The van der Waals surface area contributed by atoms with Crippen LogP contribution in [0, 0.1) is 31.6 Å². The van der Waals surface area contributed by atoms with E-state index in [1.807, 2.05) is 0 Å².